The van der Waals surface area contributed by atoms with E-state index in [9.17, 15) is 8.42 Å². The van der Waals surface area contributed by atoms with Gasteiger partial charge in [0.25, 0.3) is 0 Å². The minimum absolute atomic E-state index is 0.655. The van der Waals surface area contributed by atoms with Gasteiger partial charge in [-0.2, -0.15) is 4.31 Å². The van der Waals surface area contributed by atoms with Crippen molar-refractivity contribution in [1.29, 1.82) is 0 Å². The van der Waals surface area contributed by atoms with Crippen molar-refractivity contribution in [3.05, 3.63) is 0 Å². The summed E-state index contributed by atoms with van der Waals surface area (Å²) >= 11 is 2.38. The average Bonchev–Trinajstić information content (AvgIpc) is 2.29. The van der Waals surface area contributed by atoms with Gasteiger partial charge in [-0.25, -0.2) is 11.5 Å². The molecule has 17 heavy (non-hydrogen) atoms. The predicted molar refractivity (Wildman–Crippen MR) is 76.6 cm³/mol. The van der Waals surface area contributed by atoms with E-state index in [1.165, 1.54) is 19.1 Å². The number of rotatable bonds is 2. The summed E-state index contributed by atoms with van der Waals surface area (Å²) in [5.41, 5.74) is 0. The molecule has 0 aromatic heterocycles. The van der Waals surface area contributed by atoms with E-state index in [1.807, 2.05) is 0 Å². The smallest absolute Gasteiger partial charge is 0.211 e. The first-order valence-corrected chi connectivity index (χ1v) is 8.88. The molecule has 2 rings (SSSR count). The van der Waals surface area contributed by atoms with Gasteiger partial charge in [0, 0.05) is 68.2 Å². The van der Waals surface area contributed by atoms with E-state index in [-0.39, 0.29) is 0 Å². The van der Waals surface area contributed by atoms with Crippen molar-refractivity contribution in [2.45, 2.75) is 18.9 Å². The van der Waals surface area contributed by atoms with Crippen molar-refractivity contribution in [3.8, 4) is 0 Å². The molecule has 0 unspecified atom stereocenters. The molecule has 0 spiro atoms. The van der Waals surface area contributed by atoms with Crippen molar-refractivity contribution in [1.82, 2.24) is 12.3 Å². The number of piperazine rings is 1. The molecule has 2 aliphatic heterocycles. The molecular weight excluding hydrogens is 353 g/mol. The molecular formula is C10H20IN3O2S. The van der Waals surface area contributed by atoms with Gasteiger partial charge in [-0.1, -0.05) is 0 Å². The van der Waals surface area contributed by atoms with Gasteiger partial charge >= 0.3 is 0 Å². The van der Waals surface area contributed by atoms with Crippen LogP contribution in [0.5, 0.6) is 0 Å². The Balaban J connectivity index is 1.83. The standard InChI is InChI=1S/C10H20IN3O2S/c1-17(15,16)14-8-6-12(7-9-14)10-2-4-13(11)5-3-10/h10H,2-9H2,1H3. The molecule has 0 aliphatic carbocycles. The lowest BCUT2D eigenvalue weighted by atomic mass is 10.0. The zero-order chi connectivity index (χ0) is 12.5. The summed E-state index contributed by atoms with van der Waals surface area (Å²) in [5.74, 6) is 0. The fourth-order valence-electron chi connectivity index (χ4n) is 2.60. The van der Waals surface area contributed by atoms with Crippen LogP contribution in [0.25, 0.3) is 0 Å². The van der Waals surface area contributed by atoms with Crippen LogP contribution in [0.4, 0.5) is 0 Å². The van der Waals surface area contributed by atoms with Crippen molar-refractivity contribution in [2.24, 2.45) is 0 Å². The number of nitrogens with zero attached hydrogens (tertiary/aromatic N) is 3. The SMILES string of the molecule is CS(=O)(=O)N1CCN(C2CCN(I)CC2)CC1. The Bertz CT molecular complexity index is 347. The quantitative estimate of drug-likeness (QED) is 0.519. The Hall–Kier alpha value is 0.560. The lowest BCUT2D eigenvalue weighted by molar-refractivity contribution is 0.106. The summed E-state index contributed by atoms with van der Waals surface area (Å²) in [6.07, 6.45) is 3.72. The van der Waals surface area contributed by atoms with Crippen LogP contribution < -0.4 is 0 Å². The summed E-state index contributed by atoms with van der Waals surface area (Å²) in [5, 5.41) is 0. The Morgan fingerprint density at radius 1 is 1.00 bits per heavy atom. The van der Waals surface area contributed by atoms with E-state index in [1.54, 1.807) is 4.31 Å². The molecule has 2 heterocycles. The number of piperidine rings is 1. The monoisotopic (exact) mass is 373 g/mol. The van der Waals surface area contributed by atoms with Crippen molar-refractivity contribution in [2.75, 3.05) is 45.5 Å². The van der Waals surface area contributed by atoms with Gasteiger partial charge in [-0.15, -0.1) is 0 Å². The van der Waals surface area contributed by atoms with Gasteiger partial charge in [0.15, 0.2) is 0 Å². The predicted octanol–water partition coefficient (Wildman–Crippen LogP) is 0.378. The van der Waals surface area contributed by atoms with Crippen LogP contribution in [0.2, 0.25) is 0 Å². The molecule has 0 aromatic rings. The third-order valence-corrected chi connectivity index (χ3v) is 5.94. The van der Waals surface area contributed by atoms with E-state index < -0.39 is 10.0 Å². The van der Waals surface area contributed by atoms with Crippen molar-refractivity contribution >= 4 is 32.9 Å². The van der Waals surface area contributed by atoms with Gasteiger partial charge < -0.3 is 0 Å². The average molecular weight is 373 g/mol. The minimum Gasteiger partial charge on any atom is -0.298 e. The molecule has 0 aromatic carbocycles. The van der Waals surface area contributed by atoms with Crippen LogP contribution in [0, 0.1) is 0 Å². The highest BCUT2D eigenvalue weighted by molar-refractivity contribution is 14.1. The summed E-state index contributed by atoms with van der Waals surface area (Å²) in [6.45, 7) is 5.39. The second-order valence-electron chi connectivity index (χ2n) is 4.84. The molecule has 0 amide bonds. The van der Waals surface area contributed by atoms with Gasteiger partial charge in [-0.3, -0.25) is 4.90 Å². The lowest BCUT2D eigenvalue weighted by Gasteiger charge is -2.41. The minimum atomic E-state index is -2.99. The summed E-state index contributed by atoms with van der Waals surface area (Å²) < 4.78 is 26.8. The fourth-order valence-corrected chi connectivity index (χ4v) is 3.98. The molecule has 0 bridgehead atoms. The maximum Gasteiger partial charge on any atom is 0.211 e. The molecule has 2 aliphatic rings. The van der Waals surface area contributed by atoms with Crippen LogP contribution in [0.1, 0.15) is 12.8 Å². The van der Waals surface area contributed by atoms with E-state index in [2.05, 4.69) is 30.9 Å². The third kappa shape index (κ3) is 3.76. The van der Waals surface area contributed by atoms with Crippen LogP contribution in [-0.4, -0.2) is 72.3 Å². The van der Waals surface area contributed by atoms with Gasteiger partial charge in [0.2, 0.25) is 10.0 Å². The third-order valence-electron chi connectivity index (χ3n) is 3.67. The second-order valence-corrected chi connectivity index (χ2v) is 8.19. The Labute approximate surface area is 118 Å². The highest BCUT2D eigenvalue weighted by Crippen LogP contribution is 2.20. The van der Waals surface area contributed by atoms with Gasteiger partial charge in [0.1, 0.15) is 0 Å². The summed E-state index contributed by atoms with van der Waals surface area (Å²) in [6, 6.07) is 0.655. The molecule has 0 saturated carbocycles. The maximum atomic E-state index is 11.4. The first-order chi connectivity index (χ1) is 7.97. The molecule has 0 radical (unpaired) electrons. The van der Waals surface area contributed by atoms with Crippen LogP contribution in [-0.2, 0) is 10.0 Å². The molecule has 5 nitrogen and oxygen atoms in total. The van der Waals surface area contributed by atoms with Gasteiger partial charge in [0.05, 0.1) is 6.26 Å². The molecule has 2 saturated heterocycles. The Morgan fingerprint density at radius 3 is 2.00 bits per heavy atom. The zero-order valence-corrected chi connectivity index (χ0v) is 13.2. The molecule has 0 atom stereocenters. The fraction of sp³-hybridized carbons (Fsp3) is 1.00. The second kappa shape index (κ2) is 5.68. The van der Waals surface area contributed by atoms with Crippen molar-refractivity contribution in [3.63, 3.8) is 0 Å². The first-order valence-electron chi connectivity index (χ1n) is 6.07. The normalized spacial score (nSPS) is 27.4. The molecule has 0 N–H and O–H groups in total. The van der Waals surface area contributed by atoms with E-state index in [0.29, 0.717) is 19.1 Å². The topological polar surface area (TPSA) is 43.9 Å². The molecule has 7 heteroatoms. The first kappa shape index (κ1) is 14.0. The summed E-state index contributed by atoms with van der Waals surface area (Å²) in [4.78, 5) is 2.46. The summed E-state index contributed by atoms with van der Waals surface area (Å²) in [7, 11) is -2.99. The maximum absolute atomic E-state index is 11.4. The number of hydrogen-bond acceptors (Lipinski definition) is 4. The van der Waals surface area contributed by atoms with E-state index >= 15 is 0 Å². The van der Waals surface area contributed by atoms with Crippen LogP contribution in [0.15, 0.2) is 0 Å². The number of hydrogen-bond donors (Lipinski definition) is 0. The highest BCUT2D eigenvalue weighted by Gasteiger charge is 2.29. The van der Waals surface area contributed by atoms with Crippen molar-refractivity contribution < 1.29 is 8.42 Å². The Morgan fingerprint density at radius 2 is 1.53 bits per heavy atom. The number of halogens is 1. The van der Waals surface area contributed by atoms with E-state index in [4.69, 9.17) is 0 Å². The molecule has 2 fully saturated rings. The van der Waals surface area contributed by atoms with Crippen LogP contribution in [0.3, 0.4) is 0 Å². The van der Waals surface area contributed by atoms with Crippen LogP contribution >= 0.6 is 22.9 Å². The lowest BCUT2D eigenvalue weighted by Crippen LogP contribution is -2.53. The highest BCUT2D eigenvalue weighted by atomic mass is 127. The van der Waals surface area contributed by atoms with E-state index in [0.717, 1.165) is 26.2 Å². The molecule has 100 valence electrons. The zero-order valence-electron chi connectivity index (χ0n) is 10.2. The Kier molecular flexibility index (Phi) is 4.67. The number of sulfonamides is 1. The largest absolute Gasteiger partial charge is 0.298 e. The van der Waals surface area contributed by atoms with Gasteiger partial charge in [-0.05, 0) is 12.8 Å².